The maximum Gasteiger partial charge on any atom is 0.269 e. The smallest absolute Gasteiger partial charge is 0.269 e. The van der Waals surface area contributed by atoms with Crippen molar-refractivity contribution >= 4 is 39.7 Å². The Hall–Kier alpha value is -2.45. The number of aromatic nitrogens is 1. The van der Waals surface area contributed by atoms with Crippen molar-refractivity contribution < 1.29 is 4.79 Å². The molecule has 8 heteroatoms. The molecule has 0 spiro atoms. The van der Waals surface area contributed by atoms with Gasteiger partial charge in [0, 0.05) is 51.7 Å². The van der Waals surface area contributed by atoms with Crippen LogP contribution < -0.4 is 5.32 Å². The first kappa shape index (κ1) is 21.3. The molecular formula is C21H30N6OS. The molecule has 2 heterocycles. The van der Waals surface area contributed by atoms with Crippen LogP contribution in [0.15, 0.2) is 41.5 Å². The highest BCUT2D eigenvalue weighted by Gasteiger charge is 2.20. The molecule has 1 aromatic carbocycles. The Morgan fingerprint density at radius 1 is 1.31 bits per heavy atom. The third-order valence-electron chi connectivity index (χ3n) is 5.16. The number of likely N-dealkylation sites (N-methyl/N-ethyl adjacent to an activating group) is 2. The molecule has 2 aromatic rings. The summed E-state index contributed by atoms with van der Waals surface area (Å²) in [5, 5.41) is 4.63. The number of nitrogens with one attached hydrogen (secondary N) is 1. The third kappa shape index (κ3) is 5.55. The van der Waals surface area contributed by atoms with Crippen molar-refractivity contribution in [3.63, 3.8) is 0 Å². The average Bonchev–Trinajstić information content (AvgIpc) is 3.17. The molecule has 0 saturated heterocycles. The highest BCUT2D eigenvalue weighted by molar-refractivity contribution is 7.13. The second-order valence-corrected chi connectivity index (χ2v) is 7.92. The maximum atomic E-state index is 12.7. The Morgan fingerprint density at radius 2 is 2.14 bits per heavy atom. The standard InChI is InChI=1S/C21H30N6OS/c1-4-26(13-11-23-20-18-8-5-6-9-19(18)29-24-20)14-15-27-12-7-10-22-16-25(3)17(2)21(27)28/h5-6,8-9,16H,2,4,7,10-15H2,1,3H3,(H,23,24)/b22-16-. The SMILES string of the molecule is C=C1C(=O)N(CCN(CC)CCNc2nsc3ccccc23)CCC/N=C\N1C. The molecule has 29 heavy (non-hydrogen) atoms. The van der Waals surface area contributed by atoms with E-state index in [1.54, 1.807) is 11.2 Å². The van der Waals surface area contributed by atoms with Gasteiger partial charge in [-0.1, -0.05) is 25.6 Å². The van der Waals surface area contributed by atoms with E-state index in [1.165, 1.54) is 21.6 Å². The number of hydrogen-bond donors (Lipinski definition) is 1. The van der Waals surface area contributed by atoms with Crippen LogP contribution in [0.5, 0.6) is 0 Å². The summed E-state index contributed by atoms with van der Waals surface area (Å²) in [5.41, 5.74) is 0.468. The van der Waals surface area contributed by atoms with E-state index in [-0.39, 0.29) is 5.91 Å². The highest BCUT2D eigenvalue weighted by Crippen LogP contribution is 2.25. The van der Waals surface area contributed by atoms with E-state index < -0.39 is 0 Å². The normalized spacial score (nSPS) is 16.8. The summed E-state index contributed by atoms with van der Waals surface area (Å²) in [7, 11) is 1.82. The quantitative estimate of drug-likeness (QED) is 0.673. The van der Waals surface area contributed by atoms with Crippen LogP contribution >= 0.6 is 11.5 Å². The minimum Gasteiger partial charge on any atom is -0.367 e. The zero-order valence-electron chi connectivity index (χ0n) is 17.3. The van der Waals surface area contributed by atoms with E-state index in [2.05, 4.69) is 45.2 Å². The number of anilines is 1. The molecule has 0 radical (unpaired) electrons. The van der Waals surface area contributed by atoms with Crippen LogP contribution in [0, 0.1) is 0 Å². The van der Waals surface area contributed by atoms with E-state index in [9.17, 15) is 4.79 Å². The molecule has 1 aliphatic rings. The molecule has 0 aliphatic carbocycles. The first-order chi connectivity index (χ1) is 14.1. The van der Waals surface area contributed by atoms with Gasteiger partial charge in [-0.25, -0.2) is 0 Å². The van der Waals surface area contributed by atoms with Crippen molar-refractivity contribution in [2.45, 2.75) is 13.3 Å². The van der Waals surface area contributed by atoms with Crippen LogP contribution in [0.2, 0.25) is 0 Å². The topological polar surface area (TPSA) is 64.1 Å². The molecule has 7 nitrogen and oxygen atoms in total. The molecule has 0 unspecified atom stereocenters. The Morgan fingerprint density at radius 3 is 2.97 bits per heavy atom. The third-order valence-corrected chi connectivity index (χ3v) is 5.99. The van der Waals surface area contributed by atoms with Crippen LogP contribution in [0.25, 0.3) is 10.1 Å². The number of rotatable bonds is 8. The summed E-state index contributed by atoms with van der Waals surface area (Å²) in [5.74, 6) is 0.945. The molecule has 156 valence electrons. The van der Waals surface area contributed by atoms with Crippen molar-refractivity contribution in [2.75, 3.05) is 58.2 Å². The minimum absolute atomic E-state index is 0.0102. The Balaban J connectivity index is 1.50. The second kappa shape index (κ2) is 10.4. The van der Waals surface area contributed by atoms with Crippen LogP contribution in [-0.2, 0) is 4.79 Å². The van der Waals surface area contributed by atoms with E-state index in [0.29, 0.717) is 18.8 Å². The van der Waals surface area contributed by atoms with Gasteiger partial charge in [-0.3, -0.25) is 9.79 Å². The minimum atomic E-state index is -0.0102. The Labute approximate surface area is 176 Å². The number of nitrogens with zero attached hydrogens (tertiary/aromatic N) is 5. The zero-order valence-corrected chi connectivity index (χ0v) is 18.1. The molecule has 0 bridgehead atoms. The van der Waals surface area contributed by atoms with Crippen molar-refractivity contribution in [1.29, 1.82) is 0 Å². The summed E-state index contributed by atoms with van der Waals surface area (Å²) in [6.07, 6.45) is 2.56. The van der Waals surface area contributed by atoms with Gasteiger partial charge in [0.2, 0.25) is 0 Å². The van der Waals surface area contributed by atoms with Gasteiger partial charge in [0.1, 0.15) is 11.5 Å². The summed E-state index contributed by atoms with van der Waals surface area (Å²) in [6.45, 7) is 11.7. The van der Waals surface area contributed by atoms with Crippen LogP contribution in [0.3, 0.4) is 0 Å². The lowest BCUT2D eigenvalue weighted by molar-refractivity contribution is -0.128. The van der Waals surface area contributed by atoms with Gasteiger partial charge in [0.05, 0.1) is 11.0 Å². The number of aliphatic imine (C=N–C) groups is 1. The first-order valence-electron chi connectivity index (χ1n) is 10.1. The number of carbonyl (C=O) groups is 1. The molecule has 0 fully saturated rings. The molecule has 0 saturated carbocycles. The molecular weight excluding hydrogens is 384 g/mol. The van der Waals surface area contributed by atoms with Crippen molar-refractivity contribution in [1.82, 2.24) is 19.1 Å². The van der Waals surface area contributed by atoms with E-state index in [0.717, 1.165) is 45.0 Å². The monoisotopic (exact) mass is 414 g/mol. The summed E-state index contributed by atoms with van der Waals surface area (Å²) < 4.78 is 5.72. The molecule has 1 aliphatic heterocycles. The molecule has 1 aromatic heterocycles. The fourth-order valence-electron chi connectivity index (χ4n) is 3.29. The number of fused-ring (bicyclic) bond motifs is 1. The van der Waals surface area contributed by atoms with Gasteiger partial charge in [-0.05, 0) is 36.6 Å². The fraction of sp³-hybridized carbons (Fsp3) is 0.476. The lowest BCUT2D eigenvalue weighted by Gasteiger charge is -2.28. The van der Waals surface area contributed by atoms with Gasteiger partial charge in [0.15, 0.2) is 0 Å². The zero-order chi connectivity index (χ0) is 20.6. The van der Waals surface area contributed by atoms with Gasteiger partial charge in [0.25, 0.3) is 5.91 Å². The van der Waals surface area contributed by atoms with Crippen molar-refractivity contribution in [3.05, 3.63) is 36.5 Å². The largest absolute Gasteiger partial charge is 0.367 e. The number of amides is 1. The predicted molar refractivity (Wildman–Crippen MR) is 122 cm³/mol. The fourth-order valence-corrected chi connectivity index (χ4v) is 4.04. The van der Waals surface area contributed by atoms with Gasteiger partial charge >= 0.3 is 0 Å². The predicted octanol–water partition coefficient (Wildman–Crippen LogP) is 2.74. The van der Waals surface area contributed by atoms with Gasteiger partial charge in [-0.15, -0.1) is 0 Å². The number of carbonyl (C=O) groups excluding carboxylic acids is 1. The number of hydrogen-bond acceptors (Lipinski definition) is 7. The van der Waals surface area contributed by atoms with Gasteiger partial charge in [-0.2, -0.15) is 4.37 Å². The summed E-state index contributed by atoms with van der Waals surface area (Å²) in [4.78, 5) is 23.0. The lowest BCUT2D eigenvalue weighted by atomic mass is 10.2. The second-order valence-electron chi connectivity index (χ2n) is 7.11. The molecule has 0 atom stereocenters. The molecule has 1 N–H and O–H groups in total. The summed E-state index contributed by atoms with van der Waals surface area (Å²) >= 11 is 1.52. The maximum absolute atomic E-state index is 12.7. The van der Waals surface area contributed by atoms with Crippen molar-refractivity contribution in [2.24, 2.45) is 4.99 Å². The lowest BCUT2D eigenvalue weighted by Crippen LogP contribution is -2.42. The molecule has 3 rings (SSSR count). The Bertz CT molecular complexity index is 864. The van der Waals surface area contributed by atoms with Crippen LogP contribution in [-0.4, -0.2) is 84.2 Å². The van der Waals surface area contributed by atoms with Crippen LogP contribution in [0.4, 0.5) is 5.82 Å². The summed E-state index contributed by atoms with van der Waals surface area (Å²) in [6, 6.07) is 8.27. The molecule has 1 amide bonds. The highest BCUT2D eigenvalue weighted by atomic mass is 32.1. The Kier molecular flexibility index (Phi) is 7.60. The van der Waals surface area contributed by atoms with Crippen molar-refractivity contribution in [3.8, 4) is 0 Å². The van der Waals surface area contributed by atoms with E-state index in [1.807, 2.05) is 24.1 Å². The van der Waals surface area contributed by atoms with Crippen LogP contribution in [0.1, 0.15) is 13.3 Å². The number of benzene rings is 1. The van der Waals surface area contributed by atoms with E-state index in [4.69, 9.17) is 0 Å². The van der Waals surface area contributed by atoms with E-state index >= 15 is 0 Å². The first-order valence-corrected chi connectivity index (χ1v) is 10.9. The van der Waals surface area contributed by atoms with Gasteiger partial charge < -0.3 is 20.0 Å². The average molecular weight is 415 g/mol.